The largest absolute Gasteiger partial charge is 0.366 e. The molecule has 3 N–H and O–H groups in total. The van der Waals surface area contributed by atoms with Crippen molar-refractivity contribution in [2.75, 3.05) is 0 Å². The fraction of sp³-hybridized carbons (Fsp3) is 0.467. The minimum Gasteiger partial charge on any atom is -0.366 e. The molecule has 1 aliphatic carbocycles. The maximum Gasteiger partial charge on any atom is 0.248 e. The Morgan fingerprint density at radius 3 is 2.45 bits per heavy atom. The molecule has 1 saturated carbocycles. The van der Waals surface area contributed by atoms with Crippen LogP contribution in [0.5, 0.6) is 0 Å². The number of amides is 2. The van der Waals surface area contributed by atoms with Crippen LogP contribution in [0.25, 0.3) is 0 Å². The Labute approximate surface area is 117 Å². The lowest BCUT2D eigenvalue weighted by molar-refractivity contribution is -0.126. The third-order valence-corrected chi connectivity index (χ3v) is 3.91. The average Bonchev–Trinajstić information content (AvgIpc) is 2.32. The summed E-state index contributed by atoms with van der Waals surface area (Å²) in [4.78, 5) is 23.5. The van der Waals surface area contributed by atoms with Gasteiger partial charge in [0, 0.05) is 11.6 Å². The molecule has 108 valence electrons. The molecule has 1 aliphatic rings. The van der Waals surface area contributed by atoms with Crippen LogP contribution in [-0.2, 0) is 10.2 Å². The molecule has 5 heteroatoms. The second-order valence-corrected chi connectivity index (χ2v) is 5.82. The summed E-state index contributed by atoms with van der Waals surface area (Å²) >= 11 is 0. The SMILES string of the molecule is CC(C)(C(=O)NC1CCC1)c1cc(F)cc(C(N)=O)c1. The number of nitrogens with two attached hydrogens (primary N) is 1. The summed E-state index contributed by atoms with van der Waals surface area (Å²) in [5.41, 5.74) is 4.78. The summed E-state index contributed by atoms with van der Waals surface area (Å²) in [6.07, 6.45) is 3.09. The van der Waals surface area contributed by atoms with E-state index in [0.717, 1.165) is 25.3 Å². The highest BCUT2D eigenvalue weighted by molar-refractivity contribution is 5.94. The second-order valence-electron chi connectivity index (χ2n) is 5.82. The van der Waals surface area contributed by atoms with Gasteiger partial charge in [0.05, 0.1) is 5.41 Å². The van der Waals surface area contributed by atoms with Gasteiger partial charge in [-0.3, -0.25) is 9.59 Å². The molecule has 0 radical (unpaired) electrons. The number of carbonyl (C=O) groups excluding carboxylic acids is 2. The van der Waals surface area contributed by atoms with Crippen LogP contribution >= 0.6 is 0 Å². The van der Waals surface area contributed by atoms with E-state index < -0.39 is 17.1 Å². The summed E-state index contributed by atoms with van der Waals surface area (Å²) in [5.74, 6) is -1.44. The van der Waals surface area contributed by atoms with Gasteiger partial charge in [0.2, 0.25) is 11.8 Å². The van der Waals surface area contributed by atoms with E-state index in [1.54, 1.807) is 13.8 Å². The van der Waals surface area contributed by atoms with Crippen LogP contribution < -0.4 is 11.1 Å². The zero-order valence-corrected chi connectivity index (χ0v) is 11.7. The highest BCUT2D eigenvalue weighted by atomic mass is 19.1. The van der Waals surface area contributed by atoms with Crippen molar-refractivity contribution in [3.63, 3.8) is 0 Å². The first-order chi connectivity index (χ1) is 9.30. The Bertz CT molecular complexity index is 551. The van der Waals surface area contributed by atoms with Gasteiger partial charge in [0.25, 0.3) is 0 Å². The van der Waals surface area contributed by atoms with Crippen molar-refractivity contribution < 1.29 is 14.0 Å². The standard InChI is InChI=1S/C15H19FN2O2/c1-15(2,14(20)18-12-4-3-5-12)10-6-9(13(17)19)7-11(16)8-10/h6-8,12H,3-5H2,1-2H3,(H2,17,19)(H,18,20). The maximum atomic E-state index is 13.6. The van der Waals surface area contributed by atoms with E-state index in [9.17, 15) is 14.0 Å². The molecule has 4 nitrogen and oxygen atoms in total. The molecule has 2 amide bonds. The van der Waals surface area contributed by atoms with E-state index in [-0.39, 0.29) is 17.5 Å². The molecule has 0 heterocycles. The molecule has 0 aliphatic heterocycles. The first kappa shape index (κ1) is 14.5. The van der Waals surface area contributed by atoms with Crippen molar-refractivity contribution in [2.24, 2.45) is 5.73 Å². The minimum absolute atomic E-state index is 0.0736. The van der Waals surface area contributed by atoms with Crippen molar-refractivity contribution in [1.29, 1.82) is 0 Å². The quantitative estimate of drug-likeness (QED) is 0.882. The fourth-order valence-electron chi connectivity index (χ4n) is 2.14. The molecule has 1 aromatic rings. The van der Waals surface area contributed by atoms with Crippen molar-refractivity contribution in [3.8, 4) is 0 Å². The molecule has 0 atom stereocenters. The first-order valence-electron chi connectivity index (χ1n) is 6.72. The first-order valence-corrected chi connectivity index (χ1v) is 6.72. The zero-order valence-electron chi connectivity index (χ0n) is 11.7. The lowest BCUT2D eigenvalue weighted by Gasteiger charge is -2.32. The summed E-state index contributed by atoms with van der Waals surface area (Å²) in [6, 6.07) is 4.04. The molecular formula is C15H19FN2O2. The zero-order chi connectivity index (χ0) is 14.9. The van der Waals surface area contributed by atoms with E-state index in [1.807, 2.05) is 0 Å². The Morgan fingerprint density at radius 1 is 1.30 bits per heavy atom. The molecule has 2 rings (SSSR count). The Hall–Kier alpha value is -1.91. The summed E-state index contributed by atoms with van der Waals surface area (Å²) in [5, 5.41) is 2.95. The van der Waals surface area contributed by atoms with Gasteiger partial charge in [-0.15, -0.1) is 0 Å². The van der Waals surface area contributed by atoms with Crippen molar-refractivity contribution in [3.05, 3.63) is 35.1 Å². The molecule has 0 bridgehead atoms. The number of rotatable bonds is 4. The molecule has 0 saturated heterocycles. The van der Waals surface area contributed by atoms with Crippen LogP contribution in [0.2, 0.25) is 0 Å². The van der Waals surface area contributed by atoms with E-state index in [0.29, 0.717) is 5.56 Å². The van der Waals surface area contributed by atoms with Gasteiger partial charge in [-0.1, -0.05) is 0 Å². The monoisotopic (exact) mass is 278 g/mol. The van der Waals surface area contributed by atoms with Crippen molar-refractivity contribution in [2.45, 2.75) is 44.6 Å². The summed E-state index contributed by atoms with van der Waals surface area (Å²) in [7, 11) is 0. The maximum absolute atomic E-state index is 13.6. The lowest BCUT2D eigenvalue weighted by atomic mass is 9.81. The van der Waals surface area contributed by atoms with Gasteiger partial charge < -0.3 is 11.1 Å². The van der Waals surface area contributed by atoms with Crippen LogP contribution in [0.15, 0.2) is 18.2 Å². The number of halogens is 1. The minimum atomic E-state index is -0.915. The molecule has 0 spiro atoms. The molecule has 1 fully saturated rings. The molecule has 0 aromatic heterocycles. The van der Waals surface area contributed by atoms with E-state index in [2.05, 4.69) is 5.32 Å². The molecule has 1 aromatic carbocycles. The van der Waals surface area contributed by atoms with E-state index in [4.69, 9.17) is 5.73 Å². The second kappa shape index (κ2) is 5.23. The van der Waals surface area contributed by atoms with Crippen LogP contribution in [0.4, 0.5) is 4.39 Å². The normalized spacial score (nSPS) is 15.6. The number of primary amides is 1. The molecule has 20 heavy (non-hydrogen) atoms. The Morgan fingerprint density at radius 2 is 1.95 bits per heavy atom. The fourth-order valence-corrected chi connectivity index (χ4v) is 2.14. The summed E-state index contributed by atoms with van der Waals surface area (Å²) < 4.78 is 13.6. The van der Waals surface area contributed by atoms with Crippen molar-refractivity contribution >= 4 is 11.8 Å². The average molecular weight is 278 g/mol. The van der Waals surface area contributed by atoms with Crippen molar-refractivity contribution in [1.82, 2.24) is 5.32 Å². The molecular weight excluding hydrogens is 259 g/mol. The smallest absolute Gasteiger partial charge is 0.248 e. The highest BCUT2D eigenvalue weighted by Crippen LogP contribution is 2.27. The van der Waals surface area contributed by atoms with Crippen LogP contribution in [-0.4, -0.2) is 17.9 Å². The van der Waals surface area contributed by atoms with Crippen LogP contribution in [0, 0.1) is 5.82 Å². The Balaban J connectivity index is 2.27. The van der Waals surface area contributed by atoms with Gasteiger partial charge in [-0.05, 0) is 56.9 Å². The number of hydrogen-bond acceptors (Lipinski definition) is 2. The van der Waals surface area contributed by atoms with Gasteiger partial charge in [-0.25, -0.2) is 4.39 Å². The lowest BCUT2D eigenvalue weighted by Crippen LogP contribution is -2.47. The van der Waals surface area contributed by atoms with Gasteiger partial charge in [0.1, 0.15) is 5.82 Å². The topological polar surface area (TPSA) is 72.2 Å². The number of hydrogen-bond donors (Lipinski definition) is 2. The van der Waals surface area contributed by atoms with E-state index >= 15 is 0 Å². The van der Waals surface area contributed by atoms with Crippen LogP contribution in [0.1, 0.15) is 49.0 Å². The van der Waals surface area contributed by atoms with Gasteiger partial charge >= 0.3 is 0 Å². The number of nitrogens with one attached hydrogen (secondary N) is 1. The van der Waals surface area contributed by atoms with E-state index in [1.165, 1.54) is 12.1 Å². The summed E-state index contributed by atoms with van der Waals surface area (Å²) in [6.45, 7) is 3.42. The third-order valence-electron chi connectivity index (χ3n) is 3.91. The highest BCUT2D eigenvalue weighted by Gasteiger charge is 2.33. The van der Waals surface area contributed by atoms with Crippen LogP contribution in [0.3, 0.4) is 0 Å². The van der Waals surface area contributed by atoms with Gasteiger partial charge in [0.15, 0.2) is 0 Å². The Kier molecular flexibility index (Phi) is 3.79. The van der Waals surface area contributed by atoms with Gasteiger partial charge in [-0.2, -0.15) is 0 Å². The predicted octanol–water partition coefficient (Wildman–Crippen LogP) is 1.87. The predicted molar refractivity (Wildman–Crippen MR) is 73.7 cm³/mol. The molecule has 0 unspecified atom stereocenters. The third kappa shape index (κ3) is 2.81. The number of carbonyl (C=O) groups is 2. The number of benzene rings is 1.